The minimum atomic E-state index is -0.417. The van der Waals surface area contributed by atoms with Crippen molar-refractivity contribution in [3.05, 3.63) is 74.6 Å². The summed E-state index contributed by atoms with van der Waals surface area (Å²) in [6.07, 6.45) is 0. The molecule has 0 aliphatic heterocycles. The van der Waals surface area contributed by atoms with Crippen molar-refractivity contribution in [3.8, 4) is 11.1 Å². The summed E-state index contributed by atoms with van der Waals surface area (Å²) in [5.74, 6) is -0.417. The van der Waals surface area contributed by atoms with Crippen LogP contribution < -0.4 is 10.6 Å². The maximum Gasteiger partial charge on any atom is 0.341 e. The number of thiophene rings is 1. The van der Waals surface area contributed by atoms with Gasteiger partial charge in [-0.2, -0.15) is 0 Å². The van der Waals surface area contributed by atoms with Crippen molar-refractivity contribution >= 4 is 62.8 Å². The summed E-state index contributed by atoms with van der Waals surface area (Å²) in [6, 6.07) is 15.0. The van der Waals surface area contributed by atoms with Gasteiger partial charge in [-0.3, -0.25) is 0 Å². The Kier molecular flexibility index (Phi) is 7.14. The first-order chi connectivity index (χ1) is 13.9. The van der Waals surface area contributed by atoms with Gasteiger partial charge < -0.3 is 15.4 Å². The molecule has 0 amide bonds. The summed E-state index contributed by atoms with van der Waals surface area (Å²) in [5, 5.41) is 8.37. The van der Waals surface area contributed by atoms with Gasteiger partial charge in [0, 0.05) is 27.0 Å². The number of anilines is 1. The fraction of sp³-hybridized carbons (Fsp3) is 0.143. The van der Waals surface area contributed by atoms with Gasteiger partial charge in [0.1, 0.15) is 10.6 Å². The minimum absolute atomic E-state index is 0.377. The number of nitrogens with one attached hydrogen (secondary N) is 2. The highest BCUT2D eigenvalue weighted by Gasteiger charge is 2.24. The number of hydrogen-bond donors (Lipinski definition) is 2. The molecule has 8 heteroatoms. The van der Waals surface area contributed by atoms with Crippen LogP contribution in [0.2, 0.25) is 10.0 Å². The van der Waals surface area contributed by atoms with E-state index in [0.29, 0.717) is 32.3 Å². The molecule has 0 bridgehead atoms. The first kappa shape index (κ1) is 21.6. The van der Waals surface area contributed by atoms with E-state index in [4.69, 9.17) is 40.2 Å². The third kappa shape index (κ3) is 5.08. The lowest BCUT2D eigenvalue weighted by Crippen LogP contribution is -2.28. The molecule has 0 aliphatic carbocycles. The average Bonchev–Trinajstić information content (AvgIpc) is 3.02. The molecule has 4 nitrogen and oxygen atoms in total. The summed E-state index contributed by atoms with van der Waals surface area (Å²) >= 11 is 19.0. The van der Waals surface area contributed by atoms with Gasteiger partial charge in [0.15, 0.2) is 5.11 Å². The quantitative estimate of drug-likeness (QED) is 0.342. The van der Waals surface area contributed by atoms with Gasteiger partial charge in [-0.05, 0) is 42.4 Å². The molecule has 29 heavy (non-hydrogen) atoms. The van der Waals surface area contributed by atoms with E-state index in [9.17, 15) is 4.79 Å². The normalized spacial score (nSPS) is 10.5. The maximum atomic E-state index is 12.5. The molecule has 0 saturated carbocycles. The number of methoxy groups -OCH3 is 1. The molecule has 1 heterocycles. The number of benzene rings is 2. The number of aryl methyl sites for hydroxylation is 1. The van der Waals surface area contributed by atoms with E-state index in [1.165, 1.54) is 18.4 Å². The van der Waals surface area contributed by atoms with Gasteiger partial charge in [0.25, 0.3) is 0 Å². The van der Waals surface area contributed by atoms with Crippen molar-refractivity contribution in [1.29, 1.82) is 0 Å². The SMILES string of the molecule is COC(=O)c1c(NC(=S)NCc2ccc(Cl)cc2Cl)sc(C)c1-c1ccccc1. The van der Waals surface area contributed by atoms with Gasteiger partial charge in [0.2, 0.25) is 0 Å². The van der Waals surface area contributed by atoms with E-state index >= 15 is 0 Å². The molecule has 2 aromatic carbocycles. The van der Waals surface area contributed by atoms with Crippen LogP contribution in [0.15, 0.2) is 48.5 Å². The van der Waals surface area contributed by atoms with Gasteiger partial charge in [-0.1, -0.05) is 59.6 Å². The van der Waals surface area contributed by atoms with Gasteiger partial charge in [0.05, 0.1) is 7.11 Å². The standard InChI is InChI=1S/C21H18Cl2N2O2S2/c1-12-17(13-6-4-3-5-7-13)18(20(26)27-2)19(29-12)25-21(28)24-11-14-8-9-15(22)10-16(14)23/h3-10H,11H2,1-2H3,(H2,24,25,28). The highest BCUT2D eigenvalue weighted by atomic mass is 35.5. The molecule has 3 aromatic rings. The molecule has 0 radical (unpaired) electrons. The number of carbonyl (C=O) groups excluding carboxylic acids is 1. The molecule has 0 unspecified atom stereocenters. The molecule has 2 N–H and O–H groups in total. The van der Waals surface area contributed by atoms with Gasteiger partial charge >= 0.3 is 5.97 Å². The van der Waals surface area contributed by atoms with Crippen LogP contribution in [0.1, 0.15) is 20.8 Å². The van der Waals surface area contributed by atoms with Crippen LogP contribution in [-0.2, 0) is 11.3 Å². The van der Waals surface area contributed by atoms with E-state index in [1.807, 2.05) is 43.3 Å². The number of rotatable bonds is 5. The fourth-order valence-corrected chi connectivity index (χ4v) is 4.65. The third-order valence-corrected chi connectivity index (χ3v) is 6.07. The van der Waals surface area contributed by atoms with Crippen molar-refractivity contribution < 1.29 is 9.53 Å². The molecule has 1 aromatic heterocycles. The summed E-state index contributed by atoms with van der Waals surface area (Å²) in [6.45, 7) is 2.39. The Morgan fingerprint density at radius 2 is 1.90 bits per heavy atom. The third-order valence-electron chi connectivity index (χ3n) is 4.22. The number of thiocarbonyl (C=S) groups is 1. The number of hydrogen-bond acceptors (Lipinski definition) is 4. The molecule has 0 spiro atoms. The lowest BCUT2D eigenvalue weighted by atomic mass is 10.0. The molecule has 0 atom stereocenters. The first-order valence-corrected chi connectivity index (χ1v) is 10.6. The lowest BCUT2D eigenvalue weighted by Gasteiger charge is -2.12. The van der Waals surface area contributed by atoms with Crippen molar-refractivity contribution in [3.63, 3.8) is 0 Å². The topological polar surface area (TPSA) is 50.4 Å². The van der Waals surface area contributed by atoms with Crippen LogP contribution in [0, 0.1) is 6.92 Å². The van der Waals surface area contributed by atoms with Crippen LogP contribution in [0.25, 0.3) is 11.1 Å². The molecule has 0 aliphatic rings. The Hall–Kier alpha value is -2.12. The van der Waals surface area contributed by atoms with Crippen LogP contribution in [0.4, 0.5) is 5.00 Å². The average molecular weight is 465 g/mol. The second-order valence-corrected chi connectivity index (χ2v) is 8.62. The summed E-state index contributed by atoms with van der Waals surface area (Å²) in [7, 11) is 1.37. The maximum absolute atomic E-state index is 12.5. The molecule has 150 valence electrons. The Morgan fingerprint density at radius 3 is 2.55 bits per heavy atom. The van der Waals surface area contributed by atoms with E-state index < -0.39 is 5.97 Å². The second kappa shape index (κ2) is 9.59. The predicted molar refractivity (Wildman–Crippen MR) is 125 cm³/mol. The van der Waals surface area contributed by atoms with Crippen LogP contribution in [0.5, 0.6) is 0 Å². The molecular formula is C21H18Cl2N2O2S2. The first-order valence-electron chi connectivity index (χ1n) is 8.66. The monoisotopic (exact) mass is 464 g/mol. The highest BCUT2D eigenvalue weighted by Crippen LogP contribution is 2.40. The highest BCUT2D eigenvalue weighted by molar-refractivity contribution is 7.80. The zero-order valence-corrected chi connectivity index (χ0v) is 18.9. The number of esters is 1. The molecule has 0 saturated heterocycles. The zero-order chi connectivity index (χ0) is 21.0. The number of ether oxygens (including phenoxy) is 1. The van der Waals surface area contributed by atoms with Crippen LogP contribution in [0.3, 0.4) is 0 Å². The van der Waals surface area contributed by atoms with E-state index in [1.54, 1.807) is 12.1 Å². The van der Waals surface area contributed by atoms with Crippen molar-refractivity contribution in [1.82, 2.24) is 5.32 Å². The number of carbonyl (C=O) groups is 1. The van der Waals surface area contributed by atoms with E-state index in [0.717, 1.165) is 21.6 Å². The smallest absolute Gasteiger partial charge is 0.341 e. The Balaban J connectivity index is 1.83. The summed E-state index contributed by atoms with van der Waals surface area (Å²) in [4.78, 5) is 13.5. The van der Waals surface area contributed by atoms with E-state index in [2.05, 4.69) is 10.6 Å². The largest absolute Gasteiger partial charge is 0.465 e. The lowest BCUT2D eigenvalue weighted by molar-refractivity contribution is 0.0603. The Bertz CT molecular complexity index is 1050. The Morgan fingerprint density at radius 1 is 1.17 bits per heavy atom. The van der Waals surface area contributed by atoms with Crippen molar-refractivity contribution in [2.75, 3.05) is 12.4 Å². The summed E-state index contributed by atoms with van der Waals surface area (Å²) in [5.41, 5.74) is 3.12. The fourth-order valence-electron chi connectivity index (χ4n) is 2.87. The molecule has 3 rings (SSSR count). The minimum Gasteiger partial charge on any atom is -0.465 e. The summed E-state index contributed by atoms with van der Waals surface area (Å²) < 4.78 is 5.02. The van der Waals surface area contributed by atoms with Gasteiger partial charge in [-0.15, -0.1) is 11.3 Å². The Labute approximate surface area is 188 Å². The predicted octanol–water partition coefficient (Wildman–Crippen LogP) is 6.30. The van der Waals surface area contributed by atoms with E-state index in [-0.39, 0.29) is 0 Å². The zero-order valence-electron chi connectivity index (χ0n) is 15.7. The van der Waals surface area contributed by atoms with Gasteiger partial charge in [-0.25, -0.2) is 4.79 Å². The van der Waals surface area contributed by atoms with Crippen LogP contribution >= 0.6 is 46.8 Å². The van der Waals surface area contributed by atoms with Crippen molar-refractivity contribution in [2.45, 2.75) is 13.5 Å². The number of halogens is 2. The second-order valence-electron chi connectivity index (χ2n) is 6.14. The van der Waals surface area contributed by atoms with Crippen LogP contribution in [-0.4, -0.2) is 18.2 Å². The molecule has 0 fully saturated rings. The molecular weight excluding hydrogens is 447 g/mol. The van der Waals surface area contributed by atoms with Crippen molar-refractivity contribution in [2.24, 2.45) is 0 Å².